The number of ketones is 1. The van der Waals surface area contributed by atoms with Gasteiger partial charge in [-0.2, -0.15) is 0 Å². The smallest absolute Gasteiger partial charge is 0.343 e. The molecular weight excluding hydrogens is 454 g/mol. The molecular formula is C23H20ClNO6S. The average Bonchev–Trinajstić information content (AvgIpc) is 2.79. The van der Waals surface area contributed by atoms with E-state index in [1.807, 2.05) is 0 Å². The molecule has 0 saturated carbocycles. The number of anilines is 1. The lowest BCUT2D eigenvalue weighted by Gasteiger charge is -2.14. The summed E-state index contributed by atoms with van der Waals surface area (Å²) in [5.74, 6) is -0.574. The highest BCUT2D eigenvalue weighted by Crippen LogP contribution is 2.28. The van der Waals surface area contributed by atoms with Crippen LogP contribution >= 0.6 is 11.6 Å². The standard InChI is InChI=1S/C23H20ClNO6S/c1-15-12-18(9-11-21(15)31-14-22(26)30-2)32(28,29)25-20-10-8-17(24)13-19(20)23(27)16-6-4-3-5-7-16/h3-13,25H,14H2,1-2H3. The number of rotatable bonds is 8. The van der Waals surface area contributed by atoms with Crippen LogP contribution in [-0.4, -0.2) is 33.9 Å². The van der Waals surface area contributed by atoms with Gasteiger partial charge in [-0.15, -0.1) is 0 Å². The second kappa shape index (κ2) is 9.84. The van der Waals surface area contributed by atoms with Crippen molar-refractivity contribution in [3.8, 4) is 5.75 Å². The van der Waals surface area contributed by atoms with Crippen molar-refractivity contribution in [2.45, 2.75) is 11.8 Å². The van der Waals surface area contributed by atoms with E-state index in [0.717, 1.165) is 0 Å². The minimum absolute atomic E-state index is 0.0338. The molecule has 0 amide bonds. The summed E-state index contributed by atoms with van der Waals surface area (Å²) in [5, 5.41) is 0.301. The summed E-state index contributed by atoms with van der Waals surface area (Å²) in [6.45, 7) is 1.36. The number of hydrogen-bond donors (Lipinski definition) is 1. The van der Waals surface area contributed by atoms with Gasteiger partial charge in [-0.1, -0.05) is 41.9 Å². The first-order valence-electron chi connectivity index (χ1n) is 9.43. The third kappa shape index (κ3) is 5.46. The third-order valence-corrected chi connectivity index (χ3v) is 6.13. The molecule has 0 aliphatic heterocycles. The molecule has 7 nitrogen and oxygen atoms in total. The monoisotopic (exact) mass is 473 g/mol. The molecule has 0 bridgehead atoms. The zero-order chi connectivity index (χ0) is 23.3. The molecule has 0 saturated heterocycles. The fourth-order valence-electron chi connectivity index (χ4n) is 2.89. The van der Waals surface area contributed by atoms with Crippen molar-refractivity contribution in [3.05, 3.63) is 88.4 Å². The van der Waals surface area contributed by atoms with Gasteiger partial charge >= 0.3 is 5.97 Å². The van der Waals surface area contributed by atoms with E-state index in [2.05, 4.69) is 9.46 Å². The summed E-state index contributed by atoms with van der Waals surface area (Å²) in [7, 11) is -2.79. The number of ether oxygens (including phenoxy) is 2. The molecule has 1 N–H and O–H groups in total. The lowest BCUT2D eigenvalue weighted by molar-refractivity contribution is -0.142. The largest absolute Gasteiger partial charge is 0.482 e. The number of sulfonamides is 1. The number of hydrogen-bond acceptors (Lipinski definition) is 6. The maximum absolute atomic E-state index is 13.0. The Kier molecular flexibility index (Phi) is 7.17. The number of benzene rings is 3. The fourth-order valence-corrected chi connectivity index (χ4v) is 4.23. The van der Waals surface area contributed by atoms with Crippen LogP contribution in [0.4, 0.5) is 5.69 Å². The van der Waals surface area contributed by atoms with Crippen molar-refractivity contribution in [3.63, 3.8) is 0 Å². The topological polar surface area (TPSA) is 98.8 Å². The van der Waals surface area contributed by atoms with E-state index in [4.69, 9.17) is 16.3 Å². The molecule has 3 rings (SSSR count). The van der Waals surface area contributed by atoms with Crippen LogP contribution in [0.5, 0.6) is 5.75 Å². The molecule has 0 fully saturated rings. The van der Waals surface area contributed by atoms with Gasteiger partial charge in [0, 0.05) is 16.1 Å². The van der Waals surface area contributed by atoms with Gasteiger partial charge in [0.1, 0.15) is 5.75 Å². The van der Waals surface area contributed by atoms with E-state index in [9.17, 15) is 18.0 Å². The SMILES string of the molecule is COC(=O)COc1ccc(S(=O)(=O)Nc2ccc(Cl)cc2C(=O)c2ccccc2)cc1C. The van der Waals surface area contributed by atoms with Crippen LogP contribution in [-0.2, 0) is 19.6 Å². The maximum atomic E-state index is 13.0. The number of methoxy groups -OCH3 is 1. The van der Waals surface area contributed by atoms with Gasteiger partial charge in [-0.25, -0.2) is 13.2 Å². The molecule has 0 aliphatic rings. The number of halogens is 1. The summed E-state index contributed by atoms with van der Waals surface area (Å²) < 4.78 is 38.3. The van der Waals surface area contributed by atoms with E-state index in [1.54, 1.807) is 37.3 Å². The molecule has 3 aromatic carbocycles. The number of aryl methyl sites for hydroxylation is 1. The van der Waals surface area contributed by atoms with Crippen LogP contribution in [0.15, 0.2) is 71.6 Å². The third-order valence-electron chi connectivity index (χ3n) is 4.54. The van der Waals surface area contributed by atoms with E-state index >= 15 is 0 Å². The fraction of sp³-hybridized carbons (Fsp3) is 0.130. The van der Waals surface area contributed by atoms with Crippen molar-refractivity contribution >= 4 is 39.1 Å². The van der Waals surface area contributed by atoms with Gasteiger partial charge < -0.3 is 9.47 Å². The highest BCUT2D eigenvalue weighted by Gasteiger charge is 2.21. The van der Waals surface area contributed by atoms with Crippen molar-refractivity contribution in [1.29, 1.82) is 0 Å². The van der Waals surface area contributed by atoms with Crippen molar-refractivity contribution in [2.75, 3.05) is 18.4 Å². The van der Waals surface area contributed by atoms with E-state index in [-0.39, 0.29) is 28.5 Å². The molecule has 0 radical (unpaired) electrons. The Morgan fingerprint density at radius 2 is 1.72 bits per heavy atom. The summed E-state index contributed by atoms with van der Waals surface area (Å²) in [4.78, 5) is 24.2. The first kappa shape index (κ1) is 23.3. The highest BCUT2D eigenvalue weighted by molar-refractivity contribution is 7.92. The molecule has 9 heteroatoms. The zero-order valence-electron chi connectivity index (χ0n) is 17.3. The van der Waals surface area contributed by atoms with Gasteiger partial charge in [0.05, 0.1) is 17.7 Å². The quantitative estimate of drug-likeness (QED) is 0.388. The van der Waals surface area contributed by atoms with E-state index in [1.165, 1.54) is 43.5 Å². The van der Waals surface area contributed by atoms with E-state index < -0.39 is 16.0 Å². The van der Waals surface area contributed by atoms with Crippen LogP contribution < -0.4 is 9.46 Å². The molecule has 0 atom stereocenters. The minimum Gasteiger partial charge on any atom is -0.482 e. The van der Waals surface area contributed by atoms with Crippen molar-refractivity contribution in [1.82, 2.24) is 0 Å². The number of carbonyl (C=O) groups excluding carboxylic acids is 2. The second-order valence-electron chi connectivity index (χ2n) is 6.78. The Bertz CT molecular complexity index is 1260. The Morgan fingerprint density at radius 1 is 1.00 bits per heavy atom. The van der Waals surface area contributed by atoms with Gasteiger partial charge in [0.2, 0.25) is 0 Å². The van der Waals surface area contributed by atoms with Crippen LogP contribution in [0.2, 0.25) is 5.02 Å². The average molecular weight is 474 g/mol. The van der Waals surface area contributed by atoms with E-state index in [0.29, 0.717) is 21.9 Å². The molecule has 166 valence electrons. The van der Waals surface area contributed by atoms with Crippen LogP contribution in [0.1, 0.15) is 21.5 Å². The lowest BCUT2D eigenvalue weighted by atomic mass is 10.0. The molecule has 0 heterocycles. The van der Waals surface area contributed by atoms with Crippen molar-refractivity contribution < 1.29 is 27.5 Å². The highest BCUT2D eigenvalue weighted by atomic mass is 35.5. The molecule has 0 spiro atoms. The summed E-state index contributed by atoms with van der Waals surface area (Å²) in [6, 6.07) is 17.0. The zero-order valence-corrected chi connectivity index (χ0v) is 18.9. The predicted octanol–water partition coefficient (Wildman–Crippen LogP) is 4.23. The predicted molar refractivity (Wildman–Crippen MR) is 121 cm³/mol. The van der Waals surface area contributed by atoms with Crippen LogP contribution in [0.25, 0.3) is 0 Å². The number of nitrogens with one attached hydrogen (secondary N) is 1. The van der Waals surface area contributed by atoms with Crippen molar-refractivity contribution in [2.24, 2.45) is 0 Å². The van der Waals surface area contributed by atoms with Crippen LogP contribution in [0.3, 0.4) is 0 Å². The van der Waals surface area contributed by atoms with Gasteiger partial charge in [-0.3, -0.25) is 9.52 Å². The number of esters is 1. The Hall–Kier alpha value is -3.36. The molecule has 0 aliphatic carbocycles. The summed E-state index contributed by atoms with van der Waals surface area (Å²) >= 11 is 6.06. The van der Waals surface area contributed by atoms with Gasteiger partial charge in [0.25, 0.3) is 10.0 Å². The molecule has 0 unspecified atom stereocenters. The van der Waals surface area contributed by atoms with Crippen LogP contribution in [0, 0.1) is 6.92 Å². The normalized spacial score (nSPS) is 11.0. The lowest BCUT2D eigenvalue weighted by Crippen LogP contribution is -2.17. The summed E-state index contributed by atoms with van der Waals surface area (Å²) in [6.07, 6.45) is 0. The maximum Gasteiger partial charge on any atom is 0.343 e. The number of carbonyl (C=O) groups is 2. The Morgan fingerprint density at radius 3 is 2.38 bits per heavy atom. The van der Waals surface area contributed by atoms with Gasteiger partial charge in [-0.05, 0) is 48.9 Å². The Labute approximate surface area is 191 Å². The molecule has 3 aromatic rings. The molecule has 32 heavy (non-hydrogen) atoms. The first-order chi connectivity index (χ1) is 15.2. The minimum atomic E-state index is -4.03. The summed E-state index contributed by atoms with van der Waals surface area (Å²) in [5.41, 5.74) is 1.14. The Balaban J connectivity index is 1.89. The second-order valence-corrected chi connectivity index (χ2v) is 8.90. The van der Waals surface area contributed by atoms with Gasteiger partial charge in [0.15, 0.2) is 12.4 Å². The first-order valence-corrected chi connectivity index (χ1v) is 11.3. The molecule has 0 aromatic heterocycles.